The second-order valence-electron chi connectivity index (χ2n) is 5.49. The van der Waals surface area contributed by atoms with Crippen LogP contribution in [0.25, 0.3) is 0 Å². The smallest absolute Gasteiger partial charge is 0.253 e. The summed E-state index contributed by atoms with van der Waals surface area (Å²) < 4.78 is 0. The Kier molecular flexibility index (Phi) is 4.87. The van der Waals surface area contributed by atoms with Gasteiger partial charge in [0, 0.05) is 25.5 Å². The van der Waals surface area contributed by atoms with Crippen LogP contribution in [0.3, 0.4) is 0 Å². The zero-order valence-corrected chi connectivity index (χ0v) is 13.5. The highest BCUT2D eigenvalue weighted by molar-refractivity contribution is 5.94. The van der Waals surface area contributed by atoms with E-state index in [2.05, 4.69) is 10.3 Å². The van der Waals surface area contributed by atoms with Gasteiger partial charge in [-0.05, 0) is 23.8 Å². The van der Waals surface area contributed by atoms with Crippen molar-refractivity contribution in [1.82, 2.24) is 10.3 Å². The van der Waals surface area contributed by atoms with Crippen LogP contribution in [0.2, 0.25) is 0 Å². The second kappa shape index (κ2) is 7.42. The molecule has 1 N–H and O–H groups in total. The van der Waals surface area contributed by atoms with Gasteiger partial charge in [0.15, 0.2) is 0 Å². The Hall–Kier alpha value is -3.14. The molecular formula is C20H19N3O. The molecule has 1 heterocycles. The predicted octanol–water partition coefficient (Wildman–Crippen LogP) is 3.78. The standard InChI is InChI=1S/C20H19N3O/c1-23(18-10-6-3-7-11-18)19-12-17(14-21-15-19)20(24)22-13-16-8-4-2-5-9-16/h2-12,14-15H,13H2,1H3,(H,22,24). The van der Waals surface area contributed by atoms with Crippen molar-refractivity contribution in [2.24, 2.45) is 0 Å². The van der Waals surface area contributed by atoms with Crippen LogP contribution in [0.4, 0.5) is 11.4 Å². The molecule has 120 valence electrons. The molecule has 3 aromatic rings. The number of amides is 1. The number of hydrogen-bond acceptors (Lipinski definition) is 3. The number of aromatic nitrogens is 1. The highest BCUT2D eigenvalue weighted by Gasteiger charge is 2.10. The number of anilines is 2. The predicted molar refractivity (Wildman–Crippen MR) is 96.4 cm³/mol. The normalized spacial score (nSPS) is 10.2. The van der Waals surface area contributed by atoms with Crippen LogP contribution in [0.5, 0.6) is 0 Å². The fourth-order valence-electron chi connectivity index (χ4n) is 2.42. The van der Waals surface area contributed by atoms with Crippen molar-refractivity contribution in [2.45, 2.75) is 6.54 Å². The lowest BCUT2D eigenvalue weighted by molar-refractivity contribution is 0.0950. The molecule has 0 radical (unpaired) electrons. The number of nitrogens with zero attached hydrogens (tertiary/aromatic N) is 2. The first-order valence-corrected chi connectivity index (χ1v) is 7.80. The maximum absolute atomic E-state index is 12.4. The molecule has 1 aromatic heterocycles. The van der Waals surface area contributed by atoms with Crippen LogP contribution in [0, 0.1) is 0 Å². The molecule has 0 aliphatic heterocycles. The molecule has 1 amide bonds. The molecule has 0 saturated carbocycles. The Labute approximate surface area is 141 Å². The molecule has 0 unspecified atom stereocenters. The SMILES string of the molecule is CN(c1ccccc1)c1cncc(C(=O)NCc2ccccc2)c1. The fraction of sp³-hybridized carbons (Fsp3) is 0.100. The van der Waals surface area contributed by atoms with Gasteiger partial charge in [0.1, 0.15) is 0 Å². The number of carbonyl (C=O) groups excluding carboxylic acids is 1. The van der Waals surface area contributed by atoms with Gasteiger partial charge >= 0.3 is 0 Å². The highest BCUT2D eigenvalue weighted by Crippen LogP contribution is 2.22. The van der Waals surface area contributed by atoms with Gasteiger partial charge in [-0.3, -0.25) is 9.78 Å². The number of para-hydroxylation sites is 1. The number of nitrogens with one attached hydrogen (secondary N) is 1. The van der Waals surface area contributed by atoms with Gasteiger partial charge in [0.25, 0.3) is 5.91 Å². The number of hydrogen-bond donors (Lipinski definition) is 1. The van der Waals surface area contributed by atoms with Gasteiger partial charge in [-0.15, -0.1) is 0 Å². The van der Waals surface area contributed by atoms with Crippen molar-refractivity contribution < 1.29 is 4.79 Å². The van der Waals surface area contributed by atoms with Crippen LogP contribution in [0.15, 0.2) is 79.1 Å². The van der Waals surface area contributed by atoms with Gasteiger partial charge in [0.05, 0.1) is 17.4 Å². The monoisotopic (exact) mass is 317 g/mol. The summed E-state index contributed by atoms with van der Waals surface area (Å²) in [5.74, 6) is -0.130. The summed E-state index contributed by atoms with van der Waals surface area (Å²) in [7, 11) is 1.96. The van der Waals surface area contributed by atoms with E-state index < -0.39 is 0 Å². The first kappa shape index (κ1) is 15.7. The fourth-order valence-corrected chi connectivity index (χ4v) is 2.42. The Bertz CT molecular complexity index is 803. The lowest BCUT2D eigenvalue weighted by atomic mass is 10.2. The minimum absolute atomic E-state index is 0.130. The molecular weight excluding hydrogens is 298 g/mol. The Morgan fingerprint density at radius 3 is 2.33 bits per heavy atom. The summed E-state index contributed by atoms with van der Waals surface area (Å²) in [5, 5.41) is 2.92. The summed E-state index contributed by atoms with van der Waals surface area (Å²) >= 11 is 0. The Balaban J connectivity index is 1.71. The van der Waals surface area contributed by atoms with Crippen molar-refractivity contribution in [3.05, 3.63) is 90.3 Å². The molecule has 0 fully saturated rings. The number of benzene rings is 2. The van der Waals surface area contributed by atoms with Crippen molar-refractivity contribution in [1.29, 1.82) is 0 Å². The summed E-state index contributed by atoms with van der Waals surface area (Å²) in [5.41, 5.74) is 3.53. The zero-order valence-electron chi connectivity index (χ0n) is 13.5. The minimum atomic E-state index is -0.130. The third-order valence-electron chi connectivity index (χ3n) is 3.81. The third-order valence-corrected chi connectivity index (χ3v) is 3.81. The lowest BCUT2D eigenvalue weighted by Crippen LogP contribution is -2.23. The first-order chi connectivity index (χ1) is 11.7. The van der Waals surface area contributed by atoms with E-state index in [1.807, 2.05) is 78.7 Å². The molecule has 0 atom stereocenters. The van der Waals surface area contributed by atoms with Crippen molar-refractivity contribution in [3.63, 3.8) is 0 Å². The van der Waals surface area contributed by atoms with E-state index in [0.29, 0.717) is 12.1 Å². The molecule has 0 spiro atoms. The minimum Gasteiger partial charge on any atom is -0.348 e. The molecule has 4 nitrogen and oxygen atoms in total. The van der Waals surface area contributed by atoms with Crippen molar-refractivity contribution in [3.8, 4) is 0 Å². The van der Waals surface area contributed by atoms with Gasteiger partial charge in [0.2, 0.25) is 0 Å². The number of rotatable bonds is 5. The van der Waals surface area contributed by atoms with Gasteiger partial charge in [-0.2, -0.15) is 0 Å². The molecule has 0 aliphatic rings. The van der Waals surface area contributed by atoms with Gasteiger partial charge in [-0.1, -0.05) is 48.5 Å². The molecule has 24 heavy (non-hydrogen) atoms. The molecule has 2 aromatic carbocycles. The van der Waals surface area contributed by atoms with Crippen LogP contribution < -0.4 is 10.2 Å². The highest BCUT2D eigenvalue weighted by atomic mass is 16.1. The van der Waals surface area contributed by atoms with Crippen LogP contribution in [-0.4, -0.2) is 17.9 Å². The quantitative estimate of drug-likeness (QED) is 0.779. The van der Waals surface area contributed by atoms with Crippen LogP contribution in [0.1, 0.15) is 15.9 Å². The second-order valence-corrected chi connectivity index (χ2v) is 5.49. The van der Waals surface area contributed by atoms with Crippen LogP contribution in [-0.2, 0) is 6.54 Å². The molecule has 0 bridgehead atoms. The van der Waals surface area contributed by atoms with E-state index in [1.165, 1.54) is 0 Å². The molecule has 3 rings (SSSR count). The summed E-state index contributed by atoms with van der Waals surface area (Å²) in [6.07, 6.45) is 3.34. The third kappa shape index (κ3) is 3.79. The number of carbonyl (C=O) groups is 1. The van der Waals surface area contributed by atoms with Gasteiger partial charge < -0.3 is 10.2 Å². The largest absolute Gasteiger partial charge is 0.348 e. The van der Waals surface area contributed by atoms with E-state index >= 15 is 0 Å². The number of pyridine rings is 1. The average molecular weight is 317 g/mol. The maximum Gasteiger partial charge on any atom is 0.253 e. The van der Waals surface area contributed by atoms with Crippen molar-refractivity contribution in [2.75, 3.05) is 11.9 Å². The summed E-state index contributed by atoms with van der Waals surface area (Å²) in [6, 6.07) is 21.7. The first-order valence-electron chi connectivity index (χ1n) is 7.80. The summed E-state index contributed by atoms with van der Waals surface area (Å²) in [4.78, 5) is 18.6. The Morgan fingerprint density at radius 1 is 0.958 bits per heavy atom. The summed E-state index contributed by atoms with van der Waals surface area (Å²) in [6.45, 7) is 0.498. The topological polar surface area (TPSA) is 45.2 Å². The average Bonchev–Trinajstić information content (AvgIpc) is 2.67. The van der Waals surface area contributed by atoms with E-state index in [4.69, 9.17) is 0 Å². The zero-order chi connectivity index (χ0) is 16.8. The van der Waals surface area contributed by atoms with Crippen LogP contribution >= 0.6 is 0 Å². The van der Waals surface area contributed by atoms with E-state index in [1.54, 1.807) is 12.4 Å². The maximum atomic E-state index is 12.4. The molecule has 0 saturated heterocycles. The van der Waals surface area contributed by atoms with E-state index in [9.17, 15) is 4.79 Å². The molecule has 0 aliphatic carbocycles. The van der Waals surface area contributed by atoms with E-state index in [0.717, 1.165) is 16.9 Å². The lowest BCUT2D eigenvalue weighted by Gasteiger charge is -2.19. The molecule has 4 heteroatoms. The van der Waals surface area contributed by atoms with Crippen molar-refractivity contribution >= 4 is 17.3 Å². The Morgan fingerprint density at radius 2 is 1.62 bits per heavy atom. The van der Waals surface area contributed by atoms with E-state index in [-0.39, 0.29) is 5.91 Å². The van der Waals surface area contributed by atoms with Gasteiger partial charge in [-0.25, -0.2) is 0 Å².